The number of carbonyl (C=O) groups is 2. The summed E-state index contributed by atoms with van der Waals surface area (Å²) < 4.78 is 19.5. The number of esters is 1. The predicted octanol–water partition coefficient (Wildman–Crippen LogP) is 5.62. The highest BCUT2D eigenvalue weighted by atomic mass is 35.5. The van der Waals surface area contributed by atoms with Crippen molar-refractivity contribution in [3.8, 4) is 0 Å². The lowest BCUT2D eigenvalue weighted by Crippen LogP contribution is -2.30. The van der Waals surface area contributed by atoms with Gasteiger partial charge in [0.05, 0.1) is 34.3 Å². The van der Waals surface area contributed by atoms with E-state index in [2.05, 4.69) is 4.98 Å². The van der Waals surface area contributed by atoms with Gasteiger partial charge in [-0.2, -0.15) is 0 Å². The summed E-state index contributed by atoms with van der Waals surface area (Å²) in [7, 11) is 0. The van der Waals surface area contributed by atoms with Crippen LogP contribution in [0.15, 0.2) is 36.4 Å². The Labute approximate surface area is 181 Å². The van der Waals surface area contributed by atoms with Crippen molar-refractivity contribution in [2.45, 2.75) is 26.3 Å². The number of carbonyl (C=O) groups excluding carboxylic acids is 2. The zero-order chi connectivity index (χ0) is 21.0. The van der Waals surface area contributed by atoms with Gasteiger partial charge in [0.1, 0.15) is 16.3 Å². The first-order valence-electron chi connectivity index (χ1n) is 8.84. The largest absolute Gasteiger partial charge is 0.466 e. The van der Waals surface area contributed by atoms with E-state index in [0.717, 1.165) is 4.70 Å². The topological polar surface area (TPSA) is 59.5 Å². The fraction of sp³-hybridized carbons (Fsp3) is 0.250. The van der Waals surface area contributed by atoms with Crippen molar-refractivity contribution in [2.24, 2.45) is 0 Å². The molecule has 5 nitrogen and oxygen atoms in total. The molecule has 9 heteroatoms. The van der Waals surface area contributed by atoms with Gasteiger partial charge in [0.25, 0.3) is 0 Å². The number of fused-ring (bicyclic) bond motifs is 1. The fourth-order valence-corrected chi connectivity index (χ4v) is 4.11. The maximum atomic E-state index is 13.8. The number of ether oxygens (including phenoxy) is 1. The normalized spacial score (nSPS) is 10.9. The smallest absolute Gasteiger partial charge is 0.306 e. The third-order valence-corrected chi connectivity index (χ3v) is 5.86. The van der Waals surface area contributed by atoms with Crippen molar-refractivity contribution in [3.05, 3.63) is 57.3 Å². The zero-order valence-corrected chi connectivity index (χ0v) is 17.8. The number of halogens is 3. The average Bonchev–Trinajstić information content (AvgIpc) is 3.11. The standard InChI is InChI=1S/C20H17Cl2FN2O3S/c1-2-28-18(27)9-8-17(26)25(13-5-3-4-12(23)10-13)11-16-24-20-15(29-16)7-6-14(21)19(20)22/h3-7,10H,2,8-9,11H2,1H3. The Kier molecular flexibility index (Phi) is 7.05. The number of aromatic nitrogens is 1. The number of thiazole rings is 1. The fourth-order valence-electron chi connectivity index (χ4n) is 2.73. The Morgan fingerprint density at radius 1 is 1.21 bits per heavy atom. The van der Waals surface area contributed by atoms with Gasteiger partial charge in [-0.1, -0.05) is 29.3 Å². The van der Waals surface area contributed by atoms with Gasteiger partial charge in [-0.05, 0) is 37.3 Å². The minimum Gasteiger partial charge on any atom is -0.466 e. The Morgan fingerprint density at radius 2 is 2.00 bits per heavy atom. The van der Waals surface area contributed by atoms with Crippen LogP contribution in [0.1, 0.15) is 24.8 Å². The lowest BCUT2D eigenvalue weighted by molar-refractivity contribution is -0.144. The van der Waals surface area contributed by atoms with Crippen molar-refractivity contribution < 1.29 is 18.7 Å². The molecule has 152 valence electrons. The summed E-state index contributed by atoms with van der Waals surface area (Å²) in [6.07, 6.45) is -0.118. The van der Waals surface area contributed by atoms with Gasteiger partial charge in [0.2, 0.25) is 5.91 Å². The second-order valence-corrected chi connectivity index (χ2v) is 7.98. The SMILES string of the molecule is CCOC(=O)CCC(=O)N(Cc1nc2c(Cl)c(Cl)ccc2s1)c1cccc(F)c1. The van der Waals surface area contributed by atoms with Crippen molar-refractivity contribution >= 4 is 62.3 Å². The highest BCUT2D eigenvalue weighted by Crippen LogP contribution is 2.34. The van der Waals surface area contributed by atoms with Crippen LogP contribution >= 0.6 is 34.5 Å². The van der Waals surface area contributed by atoms with Gasteiger partial charge in [0.15, 0.2) is 0 Å². The number of nitrogens with zero attached hydrogens (tertiary/aromatic N) is 2. The van der Waals surface area contributed by atoms with Crippen molar-refractivity contribution in [1.29, 1.82) is 0 Å². The maximum Gasteiger partial charge on any atom is 0.306 e. The van der Waals surface area contributed by atoms with E-state index >= 15 is 0 Å². The van der Waals surface area contributed by atoms with Crippen LogP contribution in [-0.4, -0.2) is 23.5 Å². The van der Waals surface area contributed by atoms with Crippen molar-refractivity contribution in [3.63, 3.8) is 0 Å². The Bertz CT molecular complexity index is 1060. The Balaban J connectivity index is 1.88. The van der Waals surface area contributed by atoms with Gasteiger partial charge in [0, 0.05) is 12.1 Å². The summed E-state index contributed by atoms with van der Waals surface area (Å²) >= 11 is 13.6. The molecule has 3 rings (SSSR count). The number of benzene rings is 2. The van der Waals surface area contributed by atoms with Crippen LogP contribution in [0.4, 0.5) is 10.1 Å². The molecular weight excluding hydrogens is 438 g/mol. The molecular formula is C20H17Cl2FN2O3S. The highest BCUT2D eigenvalue weighted by Gasteiger charge is 2.21. The van der Waals surface area contributed by atoms with E-state index in [1.54, 1.807) is 25.1 Å². The third-order valence-electron chi connectivity index (χ3n) is 4.06. The summed E-state index contributed by atoms with van der Waals surface area (Å²) in [6, 6.07) is 9.19. The number of hydrogen-bond donors (Lipinski definition) is 0. The minimum atomic E-state index is -0.468. The monoisotopic (exact) mass is 454 g/mol. The number of amides is 1. The summed E-state index contributed by atoms with van der Waals surface area (Å²) in [5.74, 6) is -1.27. The molecule has 0 bridgehead atoms. The molecule has 1 amide bonds. The number of anilines is 1. The van der Waals surface area contributed by atoms with Crippen LogP contribution in [-0.2, 0) is 20.9 Å². The van der Waals surface area contributed by atoms with E-state index in [4.69, 9.17) is 27.9 Å². The minimum absolute atomic E-state index is 0.0558. The van der Waals surface area contributed by atoms with E-state index in [1.807, 2.05) is 0 Å². The van der Waals surface area contributed by atoms with Gasteiger partial charge in [-0.25, -0.2) is 9.37 Å². The molecule has 0 saturated carbocycles. The Morgan fingerprint density at radius 3 is 2.72 bits per heavy atom. The van der Waals surface area contributed by atoms with E-state index in [9.17, 15) is 14.0 Å². The molecule has 0 spiro atoms. The molecule has 1 heterocycles. The molecule has 0 fully saturated rings. The van der Waals surface area contributed by atoms with Crippen molar-refractivity contribution in [2.75, 3.05) is 11.5 Å². The predicted molar refractivity (Wildman–Crippen MR) is 113 cm³/mol. The molecule has 0 saturated heterocycles. The molecule has 0 aliphatic heterocycles. The maximum absolute atomic E-state index is 13.8. The third kappa shape index (κ3) is 5.23. The average molecular weight is 455 g/mol. The van der Waals surface area contributed by atoms with Gasteiger partial charge < -0.3 is 9.64 Å². The quantitative estimate of drug-likeness (QED) is 0.434. The molecule has 1 aromatic heterocycles. The van der Waals surface area contributed by atoms with E-state index in [0.29, 0.717) is 26.3 Å². The van der Waals surface area contributed by atoms with E-state index in [-0.39, 0.29) is 31.9 Å². The molecule has 0 aliphatic rings. The van der Waals surface area contributed by atoms with Crippen molar-refractivity contribution in [1.82, 2.24) is 4.98 Å². The van der Waals surface area contributed by atoms with Gasteiger partial charge in [-0.15, -0.1) is 11.3 Å². The number of hydrogen-bond acceptors (Lipinski definition) is 5. The summed E-state index contributed by atoms with van der Waals surface area (Å²) in [4.78, 5) is 30.3. The van der Waals surface area contributed by atoms with Crippen LogP contribution in [0.5, 0.6) is 0 Å². The summed E-state index contributed by atoms with van der Waals surface area (Å²) in [6.45, 7) is 2.05. The molecule has 0 radical (unpaired) electrons. The Hall–Kier alpha value is -2.22. The van der Waals surface area contributed by atoms with E-state index < -0.39 is 11.8 Å². The van der Waals surface area contributed by atoms with E-state index in [1.165, 1.54) is 34.4 Å². The summed E-state index contributed by atoms with van der Waals surface area (Å²) in [5.41, 5.74) is 0.930. The molecule has 29 heavy (non-hydrogen) atoms. The molecule has 0 aliphatic carbocycles. The van der Waals surface area contributed by atoms with Gasteiger partial charge >= 0.3 is 5.97 Å². The molecule has 2 aromatic carbocycles. The summed E-state index contributed by atoms with van der Waals surface area (Å²) in [5, 5.41) is 1.35. The van der Waals surface area contributed by atoms with Crippen LogP contribution < -0.4 is 4.90 Å². The molecule has 0 atom stereocenters. The second kappa shape index (κ2) is 9.52. The van der Waals surface area contributed by atoms with Crippen LogP contribution in [0, 0.1) is 5.82 Å². The lowest BCUT2D eigenvalue weighted by atomic mass is 10.2. The highest BCUT2D eigenvalue weighted by molar-refractivity contribution is 7.18. The zero-order valence-electron chi connectivity index (χ0n) is 15.5. The van der Waals surface area contributed by atoms with Gasteiger partial charge in [-0.3, -0.25) is 9.59 Å². The number of rotatable bonds is 7. The second-order valence-electron chi connectivity index (χ2n) is 6.08. The molecule has 3 aromatic rings. The lowest BCUT2D eigenvalue weighted by Gasteiger charge is -2.22. The first kappa shape index (κ1) is 21.5. The van der Waals surface area contributed by atoms with Crippen LogP contribution in [0.3, 0.4) is 0 Å². The van der Waals surface area contributed by atoms with Crippen LogP contribution in [0.25, 0.3) is 10.2 Å². The first-order valence-corrected chi connectivity index (χ1v) is 10.4. The molecule has 0 N–H and O–H groups in total. The first-order chi connectivity index (χ1) is 13.9. The molecule has 0 unspecified atom stereocenters. The van der Waals surface area contributed by atoms with Crippen LogP contribution in [0.2, 0.25) is 10.0 Å².